The second kappa shape index (κ2) is 13.1. The molecule has 3 aromatic rings. The maximum Gasteiger partial charge on any atom is 0.343 e. The zero-order valence-corrected chi connectivity index (χ0v) is 19.0. The molecule has 0 radical (unpaired) electrons. The van der Waals surface area contributed by atoms with Gasteiger partial charge in [-0.1, -0.05) is 62.6 Å². The van der Waals surface area contributed by atoms with Crippen molar-refractivity contribution in [2.24, 2.45) is 0 Å². The van der Waals surface area contributed by atoms with Gasteiger partial charge in [-0.05, 0) is 54.4 Å². The fourth-order valence-electron chi connectivity index (χ4n) is 3.25. The molecule has 0 saturated carbocycles. The summed E-state index contributed by atoms with van der Waals surface area (Å²) in [5, 5.41) is 0. The number of hydrogen-bond acceptors (Lipinski definition) is 5. The summed E-state index contributed by atoms with van der Waals surface area (Å²) >= 11 is 0. The Morgan fingerprint density at radius 2 is 1.48 bits per heavy atom. The summed E-state index contributed by atoms with van der Waals surface area (Å²) < 4.78 is 16.5. The van der Waals surface area contributed by atoms with Gasteiger partial charge < -0.3 is 14.2 Å². The standard InChI is InChI=1S/C28H30O5/c1-2-3-4-8-19-31-25-16-14-23(15-17-25)28(30)33-26-13-9-12-24(21-26)27(29)32-20-18-22-10-6-5-7-11-22/h5-7,9-17,21H,2-4,8,18-20H2,1H3. The highest BCUT2D eigenvalue weighted by atomic mass is 16.5. The predicted molar refractivity (Wildman–Crippen MR) is 128 cm³/mol. The Hall–Kier alpha value is -3.60. The van der Waals surface area contributed by atoms with Crippen molar-refractivity contribution < 1.29 is 23.8 Å². The van der Waals surface area contributed by atoms with Gasteiger partial charge in [-0.2, -0.15) is 0 Å². The van der Waals surface area contributed by atoms with Crippen LogP contribution in [0.15, 0.2) is 78.9 Å². The molecular weight excluding hydrogens is 416 g/mol. The molecule has 0 fully saturated rings. The molecule has 0 N–H and O–H groups in total. The number of carbonyl (C=O) groups is 2. The number of carbonyl (C=O) groups excluding carboxylic acids is 2. The average molecular weight is 447 g/mol. The van der Waals surface area contributed by atoms with Crippen LogP contribution in [-0.4, -0.2) is 25.2 Å². The Morgan fingerprint density at radius 3 is 2.24 bits per heavy atom. The van der Waals surface area contributed by atoms with Crippen LogP contribution in [0.25, 0.3) is 0 Å². The molecule has 33 heavy (non-hydrogen) atoms. The van der Waals surface area contributed by atoms with Crippen LogP contribution in [0.2, 0.25) is 0 Å². The van der Waals surface area contributed by atoms with Gasteiger partial charge in [0, 0.05) is 6.42 Å². The SMILES string of the molecule is CCCCCCOc1ccc(C(=O)Oc2cccc(C(=O)OCCc3ccccc3)c2)cc1. The van der Waals surface area contributed by atoms with Crippen LogP contribution in [-0.2, 0) is 11.2 Å². The lowest BCUT2D eigenvalue weighted by Gasteiger charge is -2.09. The maximum absolute atomic E-state index is 12.5. The molecule has 0 atom stereocenters. The molecule has 5 nitrogen and oxygen atoms in total. The van der Waals surface area contributed by atoms with Crippen molar-refractivity contribution in [3.63, 3.8) is 0 Å². The number of hydrogen-bond donors (Lipinski definition) is 0. The van der Waals surface area contributed by atoms with E-state index in [1.165, 1.54) is 18.9 Å². The minimum atomic E-state index is -0.501. The van der Waals surface area contributed by atoms with Gasteiger partial charge in [-0.3, -0.25) is 0 Å². The Labute approximate surface area is 195 Å². The van der Waals surface area contributed by atoms with E-state index in [2.05, 4.69) is 6.92 Å². The smallest absolute Gasteiger partial charge is 0.343 e. The van der Waals surface area contributed by atoms with Gasteiger partial charge in [0.2, 0.25) is 0 Å². The normalized spacial score (nSPS) is 10.5. The summed E-state index contributed by atoms with van der Waals surface area (Å²) in [6, 6.07) is 23.1. The highest BCUT2D eigenvalue weighted by Gasteiger charge is 2.12. The number of ether oxygens (including phenoxy) is 3. The van der Waals surface area contributed by atoms with Crippen LogP contribution in [0.5, 0.6) is 11.5 Å². The topological polar surface area (TPSA) is 61.8 Å². The third-order valence-corrected chi connectivity index (χ3v) is 5.10. The van der Waals surface area contributed by atoms with Crippen molar-refractivity contribution in [3.8, 4) is 11.5 Å². The van der Waals surface area contributed by atoms with Crippen molar-refractivity contribution >= 4 is 11.9 Å². The van der Waals surface area contributed by atoms with E-state index in [0.29, 0.717) is 24.2 Å². The summed E-state index contributed by atoms with van der Waals surface area (Å²) in [5.74, 6) is 0.0559. The quantitative estimate of drug-likeness (QED) is 0.187. The Balaban J connectivity index is 1.48. The Kier molecular flexibility index (Phi) is 9.52. The number of rotatable bonds is 12. The second-order valence-electron chi connectivity index (χ2n) is 7.72. The fourth-order valence-corrected chi connectivity index (χ4v) is 3.25. The van der Waals surface area contributed by atoms with Gasteiger partial charge >= 0.3 is 11.9 Å². The molecule has 0 spiro atoms. The molecule has 3 rings (SSSR count). The van der Waals surface area contributed by atoms with Crippen molar-refractivity contribution in [2.75, 3.05) is 13.2 Å². The van der Waals surface area contributed by atoms with Gasteiger partial charge in [0.25, 0.3) is 0 Å². The third-order valence-electron chi connectivity index (χ3n) is 5.10. The summed E-state index contributed by atoms with van der Waals surface area (Å²) in [6.45, 7) is 3.12. The van der Waals surface area contributed by atoms with Crippen LogP contribution in [0, 0.1) is 0 Å². The van der Waals surface area contributed by atoms with E-state index in [9.17, 15) is 9.59 Å². The van der Waals surface area contributed by atoms with Gasteiger partial charge in [0.15, 0.2) is 0 Å². The van der Waals surface area contributed by atoms with Crippen molar-refractivity contribution in [1.82, 2.24) is 0 Å². The molecule has 172 valence electrons. The molecule has 0 aliphatic carbocycles. The Morgan fingerprint density at radius 1 is 0.697 bits per heavy atom. The summed E-state index contributed by atoms with van der Waals surface area (Å²) in [4.78, 5) is 24.8. The first-order valence-electron chi connectivity index (χ1n) is 11.4. The second-order valence-corrected chi connectivity index (χ2v) is 7.72. The lowest BCUT2D eigenvalue weighted by atomic mass is 10.2. The van der Waals surface area contributed by atoms with Gasteiger partial charge in [0.05, 0.1) is 24.3 Å². The van der Waals surface area contributed by atoms with Gasteiger partial charge in [-0.25, -0.2) is 9.59 Å². The van der Waals surface area contributed by atoms with Crippen LogP contribution in [0.4, 0.5) is 0 Å². The summed E-state index contributed by atoms with van der Waals surface area (Å²) in [5.41, 5.74) is 1.84. The van der Waals surface area contributed by atoms with Crippen molar-refractivity contribution in [3.05, 3.63) is 95.6 Å². The van der Waals surface area contributed by atoms with E-state index in [-0.39, 0.29) is 12.4 Å². The number of unbranched alkanes of at least 4 members (excludes halogenated alkanes) is 3. The van der Waals surface area contributed by atoms with Crippen LogP contribution in [0.3, 0.4) is 0 Å². The molecule has 0 aliphatic heterocycles. The predicted octanol–water partition coefficient (Wildman–Crippen LogP) is 6.26. The number of benzene rings is 3. The molecule has 0 bridgehead atoms. The first kappa shape index (κ1) is 24.1. The van der Waals surface area contributed by atoms with E-state index in [4.69, 9.17) is 14.2 Å². The molecular formula is C28H30O5. The molecule has 0 saturated heterocycles. The van der Waals surface area contributed by atoms with E-state index in [1.54, 1.807) is 42.5 Å². The van der Waals surface area contributed by atoms with E-state index in [1.807, 2.05) is 30.3 Å². The average Bonchev–Trinajstić information content (AvgIpc) is 2.85. The zero-order valence-electron chi connectivity index (χ0n) is 19.0. The molecule has 3 aromatic carbocycles. The van der Waals surface area contributed by atoms with E-state index >= 15 is 0 Å². The Bertz CT molecular complexity index is 1010. The molecule has 0 aromatic heterocycles. The highest BCUT2D eigenvalue weighted by Crippen LogP contribution is 2.18. The zero-order chi connectivity index (χ0) is 23.3. The molecule has 0 heterocycles. The molecule has 0 amide bonds. The first-order chi connectivity index (χ1) is 16.2. The lowest BCUT2D eigenvalue weighted by Crippen LogP contribution is -2.11. The molecule has 0 unspecified atom stereocenters. The molecule has 0 aliphatic rings. The van der Waals surface area contributed by atoms with E-state index < -0.39 is 11.9 Å². The first-order valence-corrected chi connectivity index (χ1v) is 11.4. The highest BCUT2D eigenvalue weighted by molar-refractivity contribution is 5.92. The monoisotopic (exact) mass is 446 g/mol. The minimum Gasteiger partial charge on any atom is -0.494 e. The summed E-state index contributed by atoms with van der Waals surface area (Å²) in [7, 11) is 0. The van der Waals surface area contributed by atoms with Crippen molar-refractivity contribution in [2.45, 2.75) is 39.0 Å². The van der Waals surface area contributed by atoms with Crippen molar-refractivity contribution in [1.29, 1.82) is 0 Å². The fraction of sp³-hybridized carbons (Fsp3) is 0.286. The minimum absolute atomic E-state index is 0.278. The van der Waals surface area contributed by atoms with Crippen LogP contribution < -0.4 is 9.47 Å². The number of esters is 2. The lowest BCUT2D eigenvalue weighted by molar-refractivity contribution is 0.0507. The molecule has 5 heteroatoms. The van der Waals surface area contributed by atoms with Gasteiger partial charge in [-0.15, -0.1) is 0 Å². The van der Waals surface area contributed by atoms with E-state index in [0.717, 1.165) is 24.2 Å². The maximum atomic E-state index is 12.5. The largest absolute Gasteiger partial charge is 0.494 e. The summed E-state index contributed by atoms with van der Waals surface area (Å²) in [6.07, 6.45) is 5.21. The van der Waals surface area contributed by atoms with Crippen LogP contribution >= 0.6 is 0 Å². The van der Waals surface area contributed by atoms with Crippen LogP contribution in [0.1, 0.15) is 58.9 Å². The van der Waals surface area contributed by atoms with Gasteiger partial charge in [0.1, 0.15) is 11.5 Å². The third kappa shape index (κ3) is 8.11.